The zero-order chi connectivity index (χ0) is 15.0. The van der Waals surface area contributed by atoms with Crippen molar-refractivity contribution in [2.75, 3.05) is 0 Å². The van der Waals surface area contributed by atoms with Crippen LogP contribution in [-0.2, 0) is 19.0 Å². The molecular formula is C16H21NO4. The lowest BCUT2D eigenvalue weighted by molar-refractivity contribution is -0.152. The Labute approximate surface area is 124 Å². The van der Waals surface area contributed by atoms with E-state index in [9.17, 15) is 4.79 Å². The lowest BCUT2D eigenvalue weighted by Gasteiger charge is -2.41. The number of esters is 1. The van der Waals surface area contributed by atoms with Gasteiger partial charge in [-0.1, -0.05) is 6.08 Å². The molecule has 114 valence electrons. The second kappa shape index (κ2) is 5.43. The molecule has 21 heavy (non-hydrogen) atoms. The highest BCUT2D eigenvalue weighted by atomic mass is 16.6. The van der Waals surface area contributed by atoms with E-state index < -0.39 is 0 Å². The number of hydrogen-bond donors (Lipinski definition) is 0. The minimum atomic E-state index is -0.389. The van der Waals surface area contributed by atoms with Gasteiger partial charge in [0.05, 0.1) is 18.3 Å². The minimum Gasteiger partial charge on any atom is -0.456 e. The summed E-state index contributed by atoms with van der Waals surface area (Å²) >= 11 is 0. The van der Waals surface area contributed by atoms with E-state index in [-0.39, 0.29) is 41.9 Å². The van der Waals surface area contributed by atoms with Crippen LogP contribution >= 0.6 is 0 Å². The quantitative estimate of drug-likeness (QED) is 0.588. The molecule has 2 saturated heterocycles. The summed E-state index contributed by atoms with van der Waals surface area (Å²) in [7, 11) is 0. The van der Waals surface area contributed by atoms with Gasteiger partial charge in [-0.2, -0.15) is 5.26 Å². The van der Waals surface area contributed by atoms with Crippen LogP contribution in [0.25, 0.3) is 0 Å². The Bertz CT molecular complexity index is 497. The summed E-state index contributed by atoms with van der Waals surface area (Å²) in [5.41, 5.74) is -0.389. The van der Waals surface area contributed by atoms with Gasteiger partial charge in [-0.3, -0.25) is 4.79 Å². The average Bonchev–Trinajstić information content (AvgIpc) is 2.75. The van der Waals surface area contributed by atoms with Gasteiger partial charge in [-0.25, -0.2) is 0 Å². The molecule has 0 aromatic rings. The maximum atomic E-state index is 11.1. The number of ether oxygens (including phenoxy) is 3. The molecule has 0 amide bonds. The van der Waals surface area contributed by atoms with E-state index in [1.807, 2.05) is 19.1 Å². The number of carbonyl (C=O) groups excluding carboxylic acids is 1. The van der Waals surface area contributed by atoms with E-state index in [1.54, 1.807) is 0 Å². The fourth-order valence-corrected chi connectivity index (χ4v) is 3.67. The van der Waals surface area contributed by atoms with E-state index in [0.717, 1.165) is 25.7 Å². The third-order valence-corrected chi connectivity index (χ3v) is 4.61. The highest BCUT2D eigenvalue weighted by Gasteiger charge is 2.55. The van der Waals surface area contributed by atoms with E-state index >= 15 is 0 Å². The standard InChI is InChI=1S/C16H21NO4/c1-10(9-17)7-12-3-4-15-16(21-12)6-5-13(19-11(2)18)14(8-16)20-15/h5-6,10,12-15H,3-4,7-8H2,1-2H3/t10-,12?,13-,14-,15?,16+/m1/s1. The van der Waals surface area contributed by atoms with Gasteiger partial charge < -0.3 is 14.2 Å². The summed E-state index contributed by atoms with van der Waals surface area (Å²) in [5, 5.41) is 8.95. The number of nitrogens with zero attached hydrogens (tertiary/aromatic N) is 1. The molecular weight excluding hydrogens is 270 g/mol. The summed E-state index contributed by atoms with van der Waals surface area (Å²) < 4.78 is 17.6. The number of carbonyl (C=O) groups is 1. The third kappa shape index (κ3) is 2.70. The Morgan fingerprint density at radius 2 is 2.38 bits per heavy atom. The lowest BCUT2D eigenvalue weighted by Crippen LogP contribution is -2.48. The van der Waals surface area contributed by atoms with Crippen LogP contribution in [-0.4, -0.2) is 36.0 Å². The summed E-state index contributed by atoms with van der Waals surface area (Å²) in [6.07, 6.45) is 6.95. The lowest BCUT2D eigenvalue weighted by atomic mass is 9.81. The van der Waals surface area contributed by atoms with E-state index in [2.05, 4.69) is 6.07 Å². The predicted molar refractivity (Wildman–Crippen MR) is 74.2 cm³/mol. The molecule has 5 nitrogen and oxygen atoms in total. The third-order valence-electron chi connectivity index (χ3n) is 4.61. The zero-order valence-electron chi connectivity index (χ0n) is 12.5. The number of rotatable bonds is 3. The van der Waals surface area contributed by atoms with Crippen molar-refractivity contribution >= 4 is 5.97 Å². The van der Waals surface area contributed by atoms with Crippen molar-refractivity contribution < 1.29 is 19.0 Å². The molecule has 0 radical (unpaired) electrons. The second-order valence-corrected chi connectivity index (χ2v) is 6.34. The Balaban J connectivity index is 1.71. The smallest absolute Gasteiger partial charge is 0.303 e. The molecule has 6 atom stereocenters. The zero-order valence-corrected chi connectivity index (χ0v) is 12.5. The predicted octanol–water partition coefficient (Wildman–Crippen LogP) is 2.11. The minimum absolute atomic E-state index is 0.00225. The van der Waals surface area contributed by atoms with Gasteiger partial charge in [-0.05, 0) is 32.3 Å². The molecule has 0 aromatic heterocycles. The Morgan fingerprint density at radius 1 is 1.57 bits per heavy atom. The van der Waals surface area contributed by atoms with Crippen molar-refractivity contribution in [1.82, 2.24) is 0 Å². The van der Waals surface area contributed by atoms with Gasteiger partial charge in [-0.15, -0.1) is 0 Å². The molecule has 0 N–H and O–H groups in total. The second-order valence-electron chi connectivity index (χ2n) is 6.34. The molecule has 2 heterocycles. The summed E-state index contributed by atoms with van der Waals surface area (Å²) in [6, 6.07) is 2.27. The molecule has 3 rings (SSSR count). The molecule has 2 fully saturated rings. The summed E-state index contributed by atoms with van der Waals surface area (Å²) in [4.78, 5) is 11.1. The number of nitriles is 1. The van der Waals surface area contributed by atoms with Crippen LogP contribution in [0.3, 0.4) is 0 Å². The van der Waals surface area contributed by atoms with Gasteiger partial charge in [0.2, 0.25) is 0 Å². The van der Waals surface area contributed by atoms with Crippen molar-refractivity contribution in [2.45, 2.75) is 69.5 Å². The van der Waals surface area contributed by atoms with Gasteiger partial charge in [0, 0.05) is 19.3 Å². The Hall–Kier alpha value is -1.38. The first kappa shape index (κ1) is 14.6. The fraction of sp³-hybridized carbons (Fsp3) is 0.750. The van der Waals surface area contributed by atoms with Gasteiger partial charge >= 0.3 is 5.97 Å². The van der Waals surface area contributed by atoms with Crippen LogP contribution < -0.4 is 0 Å². The largest absolute Gasteiger partial charge is 0.456 e. The van der Waals surface area contributed by atoms with Gasteiger partial charge in [0.25, 0.3) is 0 Å². The summed E-state index contributed by atoms with van der Waals surface area (Å²) in [5.74, 6) is -0.289. The van der Waals surface area contributed by atoms with Gasteiger partial charge in [0.15, 0.2) is 0 Å². The van der Waals surface area contributed by atoms with Crippen LogP contribution in [0, 0.1) is 17.2 Å². The van der Waals surface area contributed by atoms with Crippen LogP contribution in [0.2, 0.25) is 0 Å². The molecule has 2 aliphatic heterocycles. The number of fused-ring (bicyclic) bond motifs is 1. The fourth-order valence-electron chi connectivity index (χ4n) is 3.67. The maximum Gasteiger partial charge on any atom is 0.303 e. The van der Waals surface area contributed by atoms with Crippen LogP contribution in [0.15, 0.2) is 12.2 Å². The maximum absolute atomic E-state index is 11.1. The molecule has 0 saturated carbocycles. The molecule has 3 aliphatic rings. The van der Waals surface area contributed by atoms with E-state index in [0.29, 0.717) is 0 Å². The highest BCUT2D eigenvalue weighted by molar-refractivity contribution is 5.66. The SMILES string of the molecule is CC(=O)O[C@@H]1C=C[C@]23C[C@H]1OC2CCC(C[C@@H](C)C#N)O3. The Kier molecular flexibility index (Phi) is 3.76. The summed E-state index contributed by atoms with van der Waals surface area (Å²) in [6.45, 7) is 3.34. The monoisotopic (exact) mass is 291 g/mol. The molecule has 1 aliphatic carbocycles. The first-order chi connectivity index (χ1) is 10.0. The van der Waals surface area contributed by atoms with E-state index in [1.165, 1.54) is 6.92 Å². The van der Waals surface area contributed by atoms with Crippen molar-refractivity contribution in [2.24, 2.45) is 5.92 Å². The van der Waals surface area contributed by atoms with Crippen LogP contribution in [0.1, 0.15) is 39.5 Å². The van der Waals surface area contributed by atoms with E-state index in [4.69, 9.17) is 19.5 Å². The molecule has 2 bridgehead atoms. The van der Waals surface area contributed by atoms with Crippen molar-refractivity contribution in [1.29, 1.82) is 5.26 Å². The molecule has 2 unspecified atom stereocenters. The average molecular weight is 291 g/mol. The molecule has 5 heteroatoms. The first-order valence-electron chi connectivity index (χ1n) is 7.62. The van der Waals surface area contributed by atoms with Crippen LogP contribution in [0.5, 0.6) is 0 Å². The molecule has 1 spiro atoms. The normalized spacial score (nSPS) is 42.0. The molecule has 0 aromatic carbocycles. The first-order valence-corrected chi connectivity index (χ1v) is 7.62. The van der Waals surface area contributed by atoms with Crippen molar-refractivity contribution in [3.05, 3.63) is 12.2 Å². The van der Waals surface area contributed by atoms with Gasteiger partial charge in [0.1, 0.15) is 17.8 Å². The van der Waals surface area contributed by atoms with Crippen molar-refractivity contribution in [3.63, 3.8) is 0 Å². The highest BCUT2D eigenvalue weighted by Crippen LogP contribution is 2.47. The topological polar surface area (TPSA) is 68.5 Å². The van der Waals surface area contributed by atoms with Crippen molar-refractivity contribution in [3.8, 4) is 6.07 Å². The Morgan fingerprint density at radius 3 is 3.10 bits per heavy atom. The number of hydrogen-bond acceptors (Lipinski definition) is 5. The van der Waals surface area contributed by atoms with Crippen LogP contribution in [0.4, 0.5) is 0 Å².